The van der Waals surface area contributed by atoms with Crippen LogP contribution in [-0.2, 0) is 0 Å². The molecular formula is C18H28O2. The van der Waals surface area contributed by atoms with Gasteiger partial charge in [-0.1, -0.05) is 50.0 Å². The number of aliphatic hydroxyl groups excluding tert-OH is 2. The van der Waals surface area contributed by atoms with E-state index in [2.05, 4.69) is 24.3 Å². The molecule has 3 rings (SSSR count). The lowest BCUT2D eigenvalue weighted by atomic mass is 9.62. The van der Waals surface area contributed by atoms with Crippen molar-refractivity contribution in [3.8, 4) is 0 Å². The van der Waals surface area contributed by atoms with Gasteiger partial charge in [0.05, 0.1) is 12.2 Å². The van der Waals surface area contributed by atoms with E-state index >= 15 is 0 Å². The van der Waals surface area contributed by atoms with Gasteiger partial charge in [0, 0.05) is 10.8 Å². The molecule has 0 amide bonds. The summed E-state index contributed by atoms with van der Waals surface area (Å²) >= 11 is 0. The lowest BCUT2D eigenvalue weighted by molar-refractivity contribution is 0.00431. The highest BCUT2D eigenvalue weighted by molar-refractivity contribution is 5.29. The summed E-state index contributed by atoms with van der Waals surface area (Å²) in [6, 6.07) is 0. The van der Waals surface area contributed by atoms with Gasteiger partial charge in [-0.15, -0.1) is 0 Å². The predicted molar refractivity (Wildman–Crippen MR) is 81.3 cm³/mol. The van der Waals surface area contributed by atoms with Crippen molar-refractivity contribution in [2.45, 2.75) is 76.4 Å². The minimum Gasteiger partial charge on any atom is -0.390 e. The zero-order chi connectivity index (χ0) is 14.1. The second kappa shape index (κ2) is 5.65. The lowest BCUT2D eigenvalue weighted by Gasteiger charge is -2.41. The van der Waals surface area contributed by atoms with Crippen LogP contribution in [-0.4, -0.2) is 22.4 Å². The van der Waals surface area contributed by atoms with Crippen LogP contribution in [0.15, 0.2) is 24.3 Å². The Morgan fingerprint density at radius 3 is 1.60 bits per heavy atom. The van der Waals surface area contributed by atoms with Crippen LogP contribution >= 0.6 is 0 Å². The van der Waals surface area contributed by atoms with Crippen LogP contribution in [0.4, 0.5) is 0 Å². The van der Waals surface area contributed by atoms with Crippen molar-refractivity contribution in [2.75, 3.05) is 0 Å². The van der Waals surface area contributed by atoms with E-state index in [0.29, 0.717) is 10.8 Å². The zero-order valence-electron chi connectivity index (χ0n) is 12.4. The molecule has 0 heterocycles. The van der Waals surface area contributed by atoms with Crippen molar-refractivity contribution in [2.24, 2.45) is 10.8 Å². The van der Waals surface area contributed by atoms with Gasteiger partial charge >= 0.3 is 0 Å². The van der Waals surface area contributed by atoms with Gasteiger partial charge in [-0.25, -0.2) is 0 Å². The molecule has 0 aromatic heterocycles. The summed E-state index contributed by atoms with van der Waals surface area (Å²) in [6.45, 7) is 0. The quantitative estimate of drug-likeness (QED) is 0.662. The fraction of sp³-hybridized carbons (Fsp3) is 0.778. The molecule has 2 N–H and O–H groups in total. The first-order valence-corrected chi connectivity index (χ1v) is 8.39. The van der Waals surface area contributed by atoms with Gasteiger partial charge in [0.15, 0.2) is 0 Å². The van der Waals surface area contributed by atoms with Crippen LogP contribution in [0.2, 0.25) is 0 Å². The molecule has 3 aliphatic rings. The summed E-state index contributed by atoms with van der Waals surface area (Å²) < 4.78 is 0. The second-order valence-corrected chi connectivity index (χ2v) is 7.15. The maximum atomic E-state index is 9.96. The zero-order valence-corrected chi connectivity index (χ0v) is 12.4. The van der Waals surface area contributed by atoms with Gasteiger partial charge in [0.2, 0.25) is 0 Å². The molecule has 1 fully saturated rings. The third-order valence-corrected chi connectivity index (χ3v) is 6.02. The molecule has 0 aliphatic heterocycles. The summed E-state index contributed by atoms with van der Waals surface area (Å²) in [5.41, 5.74) is 0.742. The third kappa shape index (κ3) is 2.37. The monoisotopic (exact) mass is 276 g/mol. The SMILES string of the molecule is O[C@@H]1CCCCC23C=CCC2(C=CC3)CCCC[C@H]1O. The van der Waals surface area contributed by atoms with Crippen LogP contribution in [0.5, 0.6) is 0 Å². The molecule has 0 saturated heterocycles. The molecule has 0 radical (unpaired) electrons. The molecule has 1 saturated carbocycles. The van der Waals surface area contributed by atoms with Gasteiger partial charge in [0.1, 0.15) is 0 Å². The Morgan fingerprint density at radius 1 is 0.700 bits per heavy atom. The maximum Gasteiger partial charge on any atom is 0.0799 e. The van der Waals surface area contributed by atoms with Gasteiger partial charge in [-0.3, -0.25) is 0 Å². The topological polar surface area (TPSA) is 40.5 Å². The van der Waals surface area contributed by atoms with Gasteiger partial charge in [-0.2, -0.15) is 0 Å². The van der Waals surface area contributed by atoms with E-state index in [-0.39, 0.29) is 0 Å². The molecule has 0 spiro atoms. The highest BCUT2D eigenvalue weighted by atomic mass is 16.3. The lowest BCUT2D eigenvalue weighted by Crippen LogP contribution is -2.33. The van der Waals surface area contributed by atoms with E-state index in [1.165, 1.54) is 25.7 Å². The van der Waals surface area contributed by atoms with Crippen LogP contribution in [0.3, 0.4) is 0 Å². The van der Waals surface area contributed by atoms with Crippen LogP contribution in [0.1, 0.15) is 64.2 Å². The van der Waals surface area contributed by atoms with Crippen molar-refractivity contribution < 1.29 is 10.2 Å². The van der Waals surface area contributed by atoms with Crippen molar-refractivity contribution in [3.63, 3.8) is 0 Å². The average Bonchev–Trinajstić information content (AvgIpc) is 2.93. The van der Waals surface area contributed by atoms with Gasteiger partial charge < -0.3 is 10.2 Å². The van der Waals surface area contributed by atoms with Crippen molar-refractivity contribution in [1.82, 2.24) is 0 Å². The number of aliphatic hydroxyl groups is 2. The molecule has 2 nitrogen and oxygen atoms in total. The van der Waals surface area contributed by atoms with Gasteiger partial charge in [-0.05, 0) is 38.5 Å². The van der Waals surface area contributed by atoms with Crippen molar-refractivity contribution in [3.05, 3.63) is 24.3 Å². The first kappa shape index (κ1) is 14.3. The molecule has 0 bridgehead atoms. The average molecular weight is 276 g/mol. The molecule has 2 unspecified atom stereocenters. The second-order valence-electron chi connectivity index (χ2n) is 7.15. The molecule has 3 aliphatic carbocycles. The Morgan fingerprint density at radius 2 is 1.15 bits per heavy atom. The van der Waals surface area contributed by atoms with E-state index < -0.39 is 12.2 Å². The van der Waals surface area contributed by atoms with E-state index in [4.69, 9.17) is 0 Å². The largest absolute Gasteiger partial charge is 0.390 e. The van der Waals surface area contributed by atoms with Crippen LogP contribution in [0.25, 0.3) is 0 Å². The van der Waals surface area contributed by atoms with E-state index in [9.17, 15) is 10.2 Å². The third-order valence-electron chi connectivity index (χ3n) is 6.02. The summed E-state index contributed by atoms with van der Waals surface area (Å²) in [7, 11) is 0. The molecule has 0 aromatic rings. The standard InChI is InChI=1S/C18H28O2/c19-15-7-1-3-9-17-11-5-13-18(17,14-6-12-17)10-4-2-8-16(15)20/h5-6,11,14-16,19-20H,1-4,7-10,12-13H2/t15-,16-,17?,18?/m1/s1. The van der Waals surface area contributed by atoms with Crippen LogP contribution < -0.4 is 0 Å². The van der Waals surface area contributed by atoms with E-state index in [1.54, 1.807) is 0 Å². The Labute approximate surface area is 122 Å². The first-order valence-electron chi connectivity index (χ1n) is 8.39. The van der Waals surface area contributed by atoms with E-state index in [0.717, 1.165) is 38.5 Å². The Kier molecular flexibility index (Phi) is 4.05. The predicted octanol–water partition coefficient (Wildman–Crippen LogP) is 3.74. The van der Waals surface area contributed by atoms with Crippen molar-refractivity contribution >= 4 is 0 Å². The molecule has 20 heavy (non-hydrogen) atoms. The minimum absolute atomic E-state index is 0.371. The molecule has 112 valence electrons. The minimum atomic E-state index is -0.516. The number of allylic oxidation sites excluding steroid dienone is 4. The van der Waals surface area contributed by atoms with Crippen LogP contribution in [0, 0.1) is 10.8 Å². The smallest absolute Gasteiger partial charge is 0.0799 e. The van der Waals surface area contributed by atoms with Gasteiger partial charge in [0.25, 0.3) is 0 Å². The first-order chi connectivity index (χ1) is 9.68. The van der Waals surface area contributed by atoms with Crippen molar-refractivity contribution in [1.29, 1.82) is 0 Å². The Balaban J connectivity index is 1.73. The Bertz CT molecular complexity index is 362. The molecule has 2 heteroatoms. The molecule has 4 atom stereocenters. The fourth-order valence-corrected chi connectivity index (χ4v) is 4.71. The Hall–Kier alpha value is -0.600. The fourth-order valence-electron chi connectivity index (χ4n) is 4.71. The molecular weight excluding hydrogens is 248 g/mol. The highest BCUT2D eigenvalue weighted by Crippen LogP contribution is 2.61. The summed E-state index contributed by atoms with van der Waals surface area (Å²) in [4.78, 5) is 0. The number of rotatable bonds is 0. The normalized spacial score (nSPS) is 45.5. The maximum absolute atomic E-state index is 9.96. The number of hydrogen-bond donors (Lipinski definition) is 2. The summed E-state index contributed by atoms with van der Waals surface area (Å²) in [5, 5.41) is 19.9. The number of hydrogen-bond acceptors (Lipinski definition) is 2. The molecule has 0 aromatic carbocycles. The summed E-state index contributed by atoms with van der Waals surface area (Å²) in [5.74, 6) is 0. The summed E-state index contributed by atoms with van der Waals surface area (Å²) in [6.07, 6.45) is 19.5. The highest BCUT2D eigenvalue weighted by Gasteiger charge is 2.51. The van der Waals surface area contributed by atoms with E-state index in [1.807, 2.05) is 0 Å².